The van der Waals surface area contributed by atoms with Gasteiger partial charge in [0.05, 0.1) is 0 Å². The summed E-state index contributed by atoms with van der Waals surface area (Å²) in [6.45, 7) is 1.66. The van der Waals surface area contributed by atoms with Crippen molar-refractivity contribution in [3.05, 3.63) is 29.3 Å². The average Bonchev–Trinajstić information content (AvgIpc) is 1.96. The first-order valence-corrected chi connectivity index (χ1v) is 3.93. The second-order valence-electron chi connectivity index (χ2n) is 3.07. The molecule has 4 heteroatoms. The minimum absolute atomic E-state index is 0.0761. The molecule has 0 aliphatic heterocycles. The van der Waals surface area contributed by atoms with Gasteiger partial charge in [0, 0.05) is 23.7 Å². The number of nitrogens with two attached hydrogens (primary N) is 1. The van der Waals surface area contributed by atoms with Crippen LogP contribution in [0.4, 0.5) is 8.78 Å². The van der Waals surface area contributed by atoms with Crippen LogP contribution < -0.4 is 5.73 Å². The molecular formula is C9H11F2NO. The van der Waals surface area contributed by atoms with Crippen LogP contribution in [0.3, 0.4) is 0 Å². The van der Waals surface area contributed by atoms with Crippen molar-refractivity contribution >= 4 is 0 Å². The minimum atomic E-state index is -0.755. The van der Waals surface area contributed by atoms with Crippen LogP contribution in [0, 0.1) is 11.6 Å². The summed E-state index contributed by atoms with van der Waals surface area (Å²) in [7, 11) is 0. The van der Waals surface area contributed by atoms with E-state index in [0.717, 1.165) is 12.1 Å². The number of benzene rings is 1. The molecule has 0 aromatic heterocycles. The number of halogens is 2. The Kier molecular flexibility index (Phi) is 2.83. The highest BCUT2D eigenvalue weighted by Gasteiger charge is 2.12. The summed E-state index contributed by atoms with van der Waals surface area (Å²) in [5.74, 6) is -1.92. The largest absolute Gasteiger partial charge is 0.508 e. The van der Waals surface area contributed by atoms with Crippen LogP contribution in [0.5, 0.6) is 5.75 Å². The molecule has 72 valence electrons. The number of hydrogen-bond donors (Lipinski definition) is 2. The molecule has 0 aliphatic carbocycles. The Labute approximate surface area is 75.0 Å². The number of hydrogen-bond acceptors (Lipinski definition) is 2. The van der Waals surface area contributed by atoms with E-state index >= 15 is 0 Å². The molecule has 1 aromatic rings. The Morgan fingerprint density at radius 1 is 1.38 bits per heavy atom. The molecule has 2 nitrogen and oxygen atoms in total. The standard InChI is InChI=1S/C9H11F2NO/c1-5(12)2-7-8(10)3-6(13)4-9(7)11/h3-5,13H,2,12H2,1H3. The molecule has 1 rings (SSSR count). The van der Waals surface area contributed by atoms with E-state index in [0.29, 0.717) is 0 Å². The molecule has 1 aromatic carbocycles. The lowest BCUT2D eigenvalue weighted by molar-refractivity contribution is 0.455. The molecule has 1 unspecified atom stereocenters. The molecule has 0 amide bonds. The molecule has 0 heterocycles. The van der Waals surface area contributed by atoms with Crippen molar-refractivity contribution in [1.29, 1.82) is 0 Å². The van der Waals surface area contributed by atoms with Crippen LogP contribution in [-0.4, -0.2) is 11.1 Å². The number of phenolic OH excluding ortho intramolecular Hbond substituents is 1. The predicted octanol–water partition coefficient (Wildman–Crippen LogP) is 1.56. The first-order valence-electron chi connectivity index (χ1n) is 3.93. The highest BCUT2D eigenvalue weighted by atomic mass is 19.1. The SMILES string of the molecule is CC(N)Cc1c(F)cc(O)cc1F. The molecule has 0 radical (unpaired) electrons. The minimum Gasteiger partial charge on any atom is -0.508 e. The van der Waals surface area contributed by atoms with Crippen molar-refractivity contribution in [1.82, 2.24) is 0 Å². The zero-order valence-electron chi connectivity index (χ0n) is 7.22. The Morgan fingerprint density at radius 3 is 2.23 bits per heavy atom. The third-order valence-electron chi connectivity index (χ3n) is 1.65. The molecule has 1 atom stereocenters. The van der Waals surface area contributed by atoms with Gasteiger partial charge in [0.15, 0.2) is 0 Å². The Bertz CT molecular complexity index is 289. The van der Waals surface area contributed by atoms with Crippen molar-refractivity contribution < 1.29 is 13.9 Å². The summed E-state index contributed by atoms with van der Waals surface area (Å²) < 4.78 is 26.0. The van der Waals surface area contributed by atoms with Gasteiger partial charge in [0.1, 0.15) is 17.4 Å². The van der Waals surface area contributed by atoms with E-state index in [2.05, 4.69) is 0 Å². The second kappa shape index (κ2) is 3.70. The Hall–Kier alpha value is -1.16. The lowest BCUT2D eigenvalue weighted by Gasteiger charge is -2.07. The van der Waals surface area contributed by atoms with Gasteiger partial charge >= 0.3 is 0 Å². The maximum Gasteiger partial charge on any atom is 0.133 e. The molecule has 13 heavy (non-hydrogen) atoms. The van der Waals surface area contributed by atoms with E-state index in [9.17, 15) is 8.78 Å². The lowest BCUT2D eigenvalue weighted by atomic mass is 10.1. The van der Waals surface area contributed by atoms with Gasteiger partial charge in [-0.1, -0.05) is 0 Å². The van der Waals surface area contributed by atoms with E-state index in [1.165, 1.54) is 0 Å². The van der Waals surface area contributed by atoms with Crippen molar-refractivity contribution in [2.45, 2.75) is 19.4 Å². The Balaban J connectivity index is 3.06. The van der Waals surface area contributed by atoms with Gasteiger partial charge in [-0.15, -0.1) is 0 Å². The van der Waals surface area contributed by atoms with Crippen LogP contribution in [0.25, 0.3) is 0 Å². The molecule has 0 spiro atoms. The van der Waals surface area contributed by atoms with Crippen molar-refractivity contribution in [2.75, 3.05) is 0 Å². The second-order valence-corrected chi connectivity index (χ2v) is 3.07. The number of rotatable bonds is 2. The normalized spacial score (nSPS) is 12.9. The van der Waals surface area contributed by atoms with E-state index < -0.39 is 17.4 Å². The van der Waals surface area contributed by atoms with E-state index in [1.54, 1.807) is 6.92 Å². The van der Waals surface area contributed by atoms with Gasteiger partial charge in [0.25, 0.3) is 0 Å². The highest BCUT2D eigenvalue weighted by molar-refractivity contribution is 5.29. The van der Waals surface area contributed by atoms with Gasteiger partial charge in [0.2, 0.25) is 0 Å². The van der Waals surface area contributed by atoms with E-state index in [4.69, 9.17) is 10.8 Å². The fraction of sp³-hybridized carbons (Fsp3) is 0.333. The van der Waals surface area contributed by atoms with E-state index in [1.807, 2.05) is 0 Å². The van der Waals surface area contributed by atoms with Gasteiger partial charge in [-0.2, -0.15) is 0 Å². The molecule has 3 N–H and O–H groups in total. The molecule has 0 aliphatic rings. The summed E-state index contributed by atoms with van der Waals surface area (Å²) in [6, 6.07) is 1.44. The van der Waals surface area contributed by atoms with Crippen LogP contribution in [0.2, 0.25) is 0 Å². The first-order chi connectivity index (χ1) is 6.00. The molecule has 0 saturated carbocycles. The van der Waals surface area contributed by atoms with Crippen molar-refractivity contribution in [3.63, 3.8) is 0 Å². The zero-order valence-corrected chi connectivity index (χ0v) is 7.22. The smallest absolute Gasteiger partial charge is 0.133 e. The molecular weight excluding hydrogens is 176 g/mol. The fourth-order valence-corrected chi connectivity index (χ4v) is 1.11. The van der Waals surface area contributed by atoms with Crippen LogP contribution in [0.1, 0.15) is 12.5 Å². The third kappa shape index (κ3) is 2.39. The Morgan fingerprint density at radius 2 is 1.85 bits per heavy atom. The lowest BCUT2D eigenvalue weighted by Crippen LogP contribution is -2.19. The maximum atomic E-state index is 13.0. The fourth-order valence-electron chi connectivity index (χ4n) is 1.11. The van der Waals surface area contributed by atoms with Gasteiger partial charge in [-0.25, -0.2) is 8.78 Å². The average molecular weight is 187 g/mol. The highest BCUT2D eigenvalue weighted by Crippen LogP contribution is 2.20. The first kappa shape index (κ1) is 9.92. The topological polar surface area (TPSA) is 46.2 Å². The number of phenols is 1. The summed E-state index contributed by atoms with van der Waals surface area (Å²) in [5, 5.41) is 8.84. The monoisotopic (exact) mass is 187 g/mol. The number of aromatic hydroxyl groups is 1. The maximum absolute atomic E-state index is 13.0. The quantitative estimate of drug-likeness (QED) is 0.738. The van der Waals surface area contributed by atoms with Crippen LogP contribution in [-0.2, 0) is 6.42 Å². The van der Waals surface area contributed by atoms with Gasteiger partial charge < -0.3 is 10.8 Å². The zero-order chi connectivity index (χ0) is 10.0. The summed E-state index contributed by atoms with van der Waals surface area (Å²) in [4.78, 5) is 0. The van der Waals surface area contributed by atoms with E-state index in [-0.39, 0.29) is 18.0 Å². The molecule has 0 saturated heterocycles. The van der Waals surface area contributed by atoms with Gasteiger partial charge in [-0.05, 0) is 13.3 Å². The summed E-state index contributed by atoms with van der Waals surface area (Å²) in [6.07, 6.45) is 0.123. The predicted molar refractivity (Wildman–Crippen MR) is 45.4 cm³/mol. The summed E-state index contributed by atoms with van der Waals surface area (Å²) in [5.41, 5.74) is 5.33. The van der Waals surface area contributed by atoms with Crippen LogP contribution in [0.15, 0.2) is 12.1 Å². The third-order valence-corrected chi connectivity index (χ3v) is 1.65. The van der Waals surface area contributed by atoms with Crippen molar-refractivity contribution in [3.8, 4) is 5.75 Å². The molecule has 0 fully saturated rings. The molecule has 0 bridgehead atoms. The van der Waals surface area contributed by atoms with Gasteiger partial charge in [-0.3, -0.25) is 0 Å². The van der Waals surface area contributed by atoms with Crippen molar-refractivity contribution in [2.24, 2.45) is 5.73 Å². The summed E-state index contributed by atoms with van der Waals surface area (Å²) >= 11 is 0. The van der Waals surface area contributed by atoms with Crippen LogP contribution >= 0.6 is 0 Å².